The van der Waals surface area contributed by atoms with Crippen molar-refractivity contribution in [2.45, 2.75) is 71.4 Å². The van der Waals surface area contributed by atoms with Crippen LogP contribution in [0.3, 0.4) is 0 Å². The van der Waals surface area contributed by atoms with Gasteiger partial charge < -0.3 is 10.1 Å². The number of rotatable bonds is 7. The van der Waals surface area contributed by atoms with Crippen LogP contribution in [-0.2, 0) is 17.6 Å². The molecule has 0 aromatic heterocycles. The Bertz CT molecular complexity index is 833. The van der Waals surface area contributed by atoms with E-state index in [1.54, 1.807) is 6.07 Å². The Morgan fingerprint density at radius 3 is 2.50 bits per heavy atom. The molecule has 4 heteroatoms. The molecule has 0 aliphatic heterocycles. The van der Waals surface area contributed by atoms with Gasteiger partial charge in [-0.15, -0.1) is 0 Å². The number of fused-ring (bicyclic) bond motifs is 1. The summed E-state index contributed by atoms with van der Waals surface area (Å²) in [6.45, 7) is 6.00. The zero-order valence-corrected chi connectivity index (χ0v) is 17.8. The van der Waals surface area contributed by atoms with Crippen molar-refractivity contribution in [1.29, 1.82) is 0 Å². The summed E-state index contributed by atoms with van der Waals surface area (Å²) in [6, 6.07) is 12.2. The van der Waals surface area contributed by atoms with Gasteiger partial charge in [-0.1, -0.05) is 43.6 Å². The first-order valence-corrected chi connectivity index (χ1v) is 10.7. The van der Waals surface area contributed by atoms with E-state index in [9.17, 15) is 4.79 Å². The van der Waals surface area contributed by atoms with E-state index in [0.29, 0.717) is 17.2 Å². The minimum absolute atomic E-state index is 0.00401. The van der Waals surface area contributed by atoms with Crippen molar-refractivity contribution in [2.24, 2.45) is 0 Å². The molecule has 2 aromatic rings. The Morgan fingerprint density at radius 2 is 1.82 bits per heavy atom. The predicted octanol–water partition coefficient (Wildman–Crippen LogP) is 5.95. The van der Waals surface area contributed by atoms with Crippen LogP contribution in [0.4, 0.5) is 0 Å². The molecule has 0 saturated heterocycles. The summed E-state index contributed by atoms with van der Waals surface area (Å²) < 4.78 is 5.96. The third-order valence-electron chi connectivity index (χ3n) is 5.57. The summed E-state index contributed by atoms with van der Waals surface area (Å²) >= 11 is 6.08. The number of nitrogens with one attached hydrogen (secondary N) is 1. The molecule has 0 radical (unpaired) electrons. The van der Waals surface area contributed by atoms with E-state index in [0.717, 1.165) is 18.4 Å². The van der Waals surface area contributed by atoms with E-state index < -0.39 is 6.10 Å². The number of aryl methyl sites for hydroxylation is 3. The van der Waals surface area contributed by atoms with E-state index in [2.05, 4.69) is 30.4 Å². The van der Waals surface area contributed by atoms with E-state index in [4.69, 9.17) is 16.3 Å². The second-order valence-corrected chi connectivity index (χ2v) is 8.04. The molecule has 0 fully saturated rings. The van der Waals surface area contributed by atoms with Crippen LogP contribution in [0, 0.1) is 6.92 Å². The molecular formula is C24H30ClNO2. The average Bonchev–Trinajstić information content (AvgIpc) is 2.72. The van der Waals surface area contributed by atoms with Crippen molar-refractivity contribution in [3.63, 3.8) is 0 Å². The maximum Gasteiger partial charge on any atom is 0.261 e. The van der Waals surface area contributed by atoms with Crippen LogP contribution < -0.4 is 10.1 Å². The standard InChI is InChI=1S/C24H30ClNO2/c1-4-22(19-11-10-17-8-6-7-9-18(17)15-19)26-24(27)23(5-2)28-20-12-13-21(25)16(3)14-20/h10-15,22-23H,4-9H2,1-3H3,(H,26,27)/t22-,23+/m1/s1. The normalized spacial score (nSPS) is 15.4. The second kappa shape index (κ2) is 9.47. The average molecular weight is 400 g/mol. The summed E-state index contributed by atoms with van der Waals surface area (Å²) in [5, 5.41) is 3.89. The molecule has 0 unspecified atom stereocenters. The first kappa shape index (κ1) is 20.7. The van der Waals surface area contributed by atoms with Crippen molar-refractivity contribution in [2.75, 3.05) is 0 Å². The largest absolute Gasteiger partial charge is 0.481 e. The Balaban J connectivity index is 1.70. The molecule has 1 N–H and O–H groups in total. The quantitative estimate of drug-likeness (QED) is 0.624. The zero-order chi connectivity index (χ0) is 20.1. The lowest BCUT2D eigenvalue weighted by molar-refractivity contribution is -0.128. The predicted molar refractivity (Wildman–Crippen MR) is 115 cm³/mol. The number of carbonyl (C=O) groups excluding carboxylic acids is 1. The van der Waals surface area contributed by atoms with Crippen LogP contribution in [0.2, 0.25) is 5.02 Å². The van der Waals surface area contributed by atoms with Gasteiger partial charge in [-0.25, -0.2) is 0 Å². The highest BCUT2D eigenvalue weighted by atomic mass is 35.5. The number of carbonyl (C=O) groups is 1. The Labute approximate surface area is 173 Å². The zero-order valence-electron chi connectivity index (χ0n) is 17.1. The van der Waals surface area contributed by atoms with Gasteiger partial charge in [0.25, 0.3) is 5.91 Å². The van der Waals surface area contributed by atoms with Gasteiger partial charge in [0.2, 0.25) is 0 Å². The van der Waals surface area contributed by atoms with Crippen LogP contribution in [-0.4, -0.2) is 12.0 Å². The highest BCUT2D eigenvalue weighted by Gasteiger charge is 2.23. The van der Waals surface area contributed by atoms with Crippen molar-refractivity contribution in [1.82, 2.24) is 5.32 Å². The minimum Gasteiger partial charge on any atom is -0.481 e. The fraction of sp³-hybridized carbons (Fsp3) is 0.458. The fourth-order valence-corrected chi connectivity index (χ4v) is 3.95. The van der Waals surface area contributed by atoms with Gasteiger partial charge in [0.05, 0.1) is 6.04 Å². The van der Waals surface area contributed by atoms with Crippen LogP contribution in [0.1, 0.15) is 67.8 Å². The lowest BCUT2D eigenvalue weighted by Gasteiger charge is -2.24. The molecule has 2 atom stereocenters. The third-order valence-corrected chi connectivity index (χ3v) is 5.99. The maximum absolute atomic E-state index is 12.9. The fourth-order valence-electron chi connectivity index (χ4n) is 3.83. The molecule has 1 aliphatic carbocycles. The van der Waals surface area contributed by atoms with Crippen LogP contribution >= 0.6 is 11.6 Å². The first-order chi connectivity index (χ1) is 13.5. The van der Waals surface area contributed by atoms with Crippen molar-refractivity contribution < 1.29 is 9.53 Å². The molecule has 0 spiro atoms. The minimum atomic E-state index is -0.521. The summed E-state index contributed by atoms with van der Waals surface area (Å²) in [5.74, 6) is 0.602. The maximum atomic E-state index is 12.9. The number of benzene rings is 2. The van der Waals surface area contributed by atoms with Gasteiger partial charge in [0.15, 0.2) is 6.10 Å². The van der Waals surface area contributed by atoms with Gasteiger partial charge in [0, 0.05) is 5.02 Å². The second-order valence-electron chi connectivity index (χ2n) is 7.63. The summed E-state index contributed by atoms with van der Waals surface area (Å²) in [5.41, 5.74) is 5.03. The van der Waals surface area contributed by atoms with Gasteiger partial charge in [-0.05, 0) is 85.9 Å². The molecule has 0 heterocycles. The molecule has 3 rings (SSSR count). The van der Waals surface area contributed by atoms with E-state index in [1.165, 1.54) is 36.0 Å². The van der Waals surface area contributed by atoms with Gasteiger partial charge in [-0.2, -0.15) is 0 Å². The molecule has 1 amide bonds. The van der Waals surface area contributed by atoms with E-state index in [1.807, 2.05) is 26.0 Å². The number of amides is 1. The van der Waals surface area contributed by atoms with E-state index >= 15 is 0 Å². The summed E-state index contributed by atoms with van der Waals surface area (Å²) in [7, 11) is 0. The van der Waals surface area contributed by atoms with Crippen molar-refractivity contribution in [3.8, 4) is 5.75 Å². The van der Waals surface area contributed by atoms with Crippen LogP contribution in [0.5, 0.6) is 5.75 Å². The molecule has 150 valence electrons. The topological polar surface area (TPSA) is 38.3 Å². The number of hydrogen-bond acceptors (Lipinski definition) is 2. The van der Waals surface area contributed by atoms with Gasteiger partial charge in [0.1, 0.15) is 5.75 Å². The summed E-state index contributed by atoms with van der Waals surface area (Å²) in [4.78, 5) is 12.9. The molecule has 28 heavy (non-hydrogen) atoms. The highest BCUT2D eigenvalue weighted by Crippen LogP contribution is 2.27. The smallest absolute Gasteiger partial charge is 0.261 e. The summed E-state index contributed by atoms with van der Waals surface area (Å²) in [6.07, 6.45) is 5.78. The lowest BCUT2D eigenvalue weighted by Crippen LogP contribution is -2.40. The SMILES string of the molecule is CC[C@H](Oc1ccc(Cl)c(C)c1)C(=O)N[C@H](CC)c1ccc2c(c1)CCCC2. The first-order valence-electron chi connectivity index (χ1n) is 10.4. The Kier molecular flexibility index (Phi) is 7.01. The van der Waals surface area contributed by atoms with Gasteiger partial charge in [-0.3, -0.25) is 4.79 Å². The number of halogens is 1. The number of hydrogen-bond donors (Lipinski definition) is 1. The van der Waals surface area contributed by atoms with Gasteiger partial charge >= 0.3 is 0 Å². The molecule has 0 saturated carbocycles. The van der Waals surface area contributed by atoms with E-state index in [-0.39, 0.29) is 11.9 Å². The highest BCUT2D eigenvalue weighted by molar-refractivity contribution is 6.31. The molecule has 0 bridgehead atoms. The molecular weight excluding hydrogens is 370 g/mol. The van der Waals surface area contributed by atoms with Crippen LogP contribution in [0.25, 0.3) is 0 Å². The monoisotopic (exact) mass is 399 g/mol. The van der Waals surface area contributed by atoms with Crippen LogP contribution in [0.15, 0.2) is 36.4 Å². The Morgan fingerprint density at radius 1 is 1.07 bits per heavy atom. The van der Waals surface area contributed by atoms with Crippen molar-refractivity contribution in [3.05, 3.63) is 63.7 Å². The number of ether oxygens (including phenoxy) is 1. The van der Waals surface area contributed by atoms with Crippen molar-refractivity contribution >= 4 is 17.5 Å². The Hall–Kier alpha value is -2.00. The molecule has 1 aliphatic rings. The molecule has 3 nitrogen and oxygen atoms in total. The third kappa shape index (κ3) is 4.88. The lowest BCUT2D eigenvalue weighted by atomic mass is 9.88. The molecule has 2 aromatic carbocycles.